The fourth-order valence-electron chi connectivity index (χ4n) is 1.59. The third-order valence-corrected chi connectivity index (χ3v) is 2.56. The number of carbonyl (C=O) groups excluding carboxylic acids is 1. The molecule has 1 heterocycles. The first-order chi connectivity index (χ1) is 9.10. The van der Waals surface area contributed by atoms with Crippen LogP contribution in [0, 0.1) is 5.82 Å². The summed E-state index contributed by atoms with van der Waals surface area (Å²) >= 11 is 0. The Morgan fingerprint density at radius 1 is 1.37 bits per heavy atom. The summed E-state index contributed by atoms with van der Waals surface area (Å²) in [5.74, 6) is -0.464. The smallest absolute Gasteiger partial charge is 0.343 e. The van der Waals surface area contributed by atoms with Crippen LogP contribution in [0.15, 0.2) is 30.3 Å². The van der Waals surface area contributed by atoms with Crippen molar-refractivity contribution in [2.75, 3.05) is 13.7 Å². The minimum absolute atomic E-state index is 0.198. The molecule has 2 rings (SSSR count). The van der Waals surface area contributed by atoms with E-state index in [2.05, 4.69) is 9.84 Å². The quantitative estimate of drug-likeness (QED) is 0.790. The Kier molecular flexibility index (Phi) is 3.79. The summed E-state index contributed by atoms with van der Waals surface area (Å²) in [5.41, 5.74) is 1.57. The molecular formula is C13H13FN2O3. The molecule has 0 bridgehead atoms. The van der Waals surface area contributed by atoms with E-state index in [1.54, 1.807) is 29.9 Å². The lowest BCUT2D eigenvalue weighted by atomic mass is 10.1. The highest BCUT2D eigenvalue weighted by molar-refractivity contribution is 5.71. The van der Waals surface area contributed by atoms with Gasteiger partial charge in [-0.3, -0.25) is 4.68 Å². The van der Waals surface area contributed by atoms with Gasteiger partial charge in [0, 0.05) is 18.7 Å². The van der Waals surface area contributed by atoms with Crippen molar-refractivity contribution in [3.63, 3.8) is 0 Å². The molecule has 0 amide bonds. The molecule has 0 atom stereocenters. The Balaban J connectivity index is 2.16. The second-order valence-electron chi connectivity index (χ2n) is 3.86. The van der Waals surface area contributed by atoms with Crippen LogP contribution in [0.4, 0.5) is 4.39 Å². The Morgan fingerprint density at radius 3 is 2.68 bits per heavy atom. The average molecular weight is 264 g/mol. The number of halogens is 1. The van der Waals surface area contributed by atoms with E-state index < -0.39 is 5.97 Å². The van der Waals surface area contributed by atoms with Crippen molar-refractivity contribution in [3.05, 3.63) is 36.1 Å². The molecular weight excluding hydrogens is 251 g/mol. The van der Waals surface area contributed by atoms with Gasteiger partial charge in [0.2, 0.25) is 5.88 Å². The molecule has 2 aromatic rings. The minimum Gasteiger partial charge on any atom is -0.466 e. The van der Waals surface area contributed by atoms with Crippen LogP contribution in [0.25, 0.3) is 11.3 Å². The lowest BCUT2D eigenvalue weighted by Gasteiger charge is -2.00. The summed E-state index contributed by atoms with van der Waals surface area (Å²) in [7, 11) is 3.03. The summed E-state index contributed by atoms with van der Waals surface area (Å²) < 4.78 is 24.1. The van der Waals surface area contributed by atoms with E-state index in [-0.39, 0.29) is 12.4 Å². The third kappa shape index (κ3) is 3.09. The fourth-order valence-corrected chi connectivity index (χ4v) is 1.59. The first-order valence-corrected chi connectivity index (χ1v) is 5.59. The van der Waals surface area contributed by atoms with Crippen LogP contribution in [0.5, 0.6) is 5.88 Å². The van der Waals surface area contributed by atoms with Crippen LogP contribution < -0.4 is 4.74 Å². The number of carbonyl (C=O) groups is 1. The van der Waals surface area contributed by atoms with Gasteiger partial charge in [-0.1, -0.05) is 0 Å². The molecule has 1 aromatic carbocycles. The van der Waals surface area contributed by atoms with Crippen LogP contribution in [-0.4, -0.2) is 29.5 Å². The number of hydrogen-bond donors (Lipinski definition) is 0. The molecule has 6 heteroatoms. The number of aryl methyl sites for hydroxylation is 1. The monoisotopic (exact) mass is 264 g/mol. The van der Waals surface area contributed by atoms with Crippen molar-refractivity contribution in [2.45, 2.75) is 0 Å². The second-order valence-corrected chi connectivity index (χ2v) is 3.86. The SMILES string of the molecule is COC(=O)COc1cc(-c2ccc(F)cc2)n(C)n1. The van der Waals surface area contributed by atoms with Crippen molar-refractivity contribution in [1.82, 2.24) is 9.78 Å². The third-order valence-electron chi connectivity index (χ3n) is 2.56. The molecule has 0 fully saturated rings. The predicted octanol–water partition coefficient (Wildman–Crippen LogP) is 1.78. The molecule has 0 aliphatic rings. The lowest BCUT2D eigenvalue weighted by molar-refractivity contribution is -0.143. The largest absolute Gasteiger partial charge is 0.466 e. The number of esters is 1. The van der Waals surface area contributed by atoms with Gasteiger partial charge < -0.3 is 9.47 Å². The molecule has 0 spiro atoms. The van der Waals surface area contributed by atoms with Crippen LogP contribution in [0.3, 0.4) is 0 Å². The van der Waals surface area contributed by atoms with Crippen LogP contribution in [-0.2, 0) is 16.6 Å². The van der Waals surface area contributed by atoms with E-state index in [9.17, 15) is 9.18 Å². The van der Waals surface area contributed by atoms with E-state index in [1.165, 1.54) is 19.2 Å². The van der Waals surface area contributed by atoms with E-state index in [0.717, 1.165) is 11.3 Å². The van der Waals surface area contributed by atoms with Crippen LogP contribution >= 0.6 is 0 Å². The molecule has 0 radical (unpaired) electrons. The molecule has 19 heavy (non-hydrogen) atoms. The summed E-state index contributed by atoms with van der Waals surface area (Å²) in [6, 6.07) is 7.72. The van der Waals surface area contributed by atoms with E-state index in [0.29, 0.717) is 5.88 Å². The van der Waals surface area contributed by atoms with Crippen LogP contribution in [0.1, 0.15) is 0 Å². The highest BCUT2D eigenvalue weighted by atomic mass is 19.1. The summed E-state index contributed by atoms with van der Waals surface area (Å²) in [5, 5.41) is 4.11. The standard InChI is InChI=1S/C13H13FN2O3/c1-16-11(9-3-5-10(14)6-4-9)7-12(15-16)19-8-13(17)18-2/h3-7H,8H2,1-2H3. The minimum atomic E-state index is -0.478. The maximum Gasteiger partial charge on any atom is 0.343 e. The Bertz CT molecular complexity index is 578. The highest BCUT2D eigenvalue weighted by Crippen LogP contribution is 2.23. The molecule has 1 aromatic heterocycles. The van der Waals surface area contributed by atoms with Gasteiger partial charge in [-0.2, -0.15) is 0 Å². The van der Waals surface area contributed by atoms with Gasteiger partial charge in [-0.15, -0.1) is 5.10 Å². The number of ether oxygens (including phenoxy) is 2. The Labute approximate surface area is 109 Å². The van der Waals surface area contributed by atoms with Gasteiger partial charge >= 0.3 is 5.97 Å². The lowest BCUT2D eigenvalue weighted by Crippen LogP contribution is -2.12. The molecule has 100 valence electrons. The molecule has 0 saturated heterocycles. The number of benzene rings is 1. The second kappa shape index (κ2) is 5.51. The van der Waals surface area contributed by atoms with Crippen molar-refractivity contribution in [1.29, 1.82) is 0 Å². The Hall–Kier alpha value is -2.37. The molecule has 0 saturated carbocycles. The van der Waals surface area contributed by atoms with Gasteiger partial charge in [0.1, 0.15) is 5.82 Å². The van der Waals surface area contributed by atoms with Gasteiger partial charge in [-0.25, -0.2) is 9.18 Å². The highest BCUT2D eigenvalue weighted by Gasteiger charge is 2.10. The van der Waals surface area contributed by atoms with Crippen molar-refractivity contribution in [3.8, 4) is 17.1 Å². The zero-order valence-electron chi connectivity index (χ0n) is 10.6. The van der Waals surface area contributed by atoms with Gasteiger partial charge in [0.15, 0.2) is 6.61 Å². The van der Waals surface area contributed by atoms with Gasteiger partial charge in [-0.05, 0) is 24.3 Å². The number of methoxy groups -OCH3 is 1. The maximum atomic E-state index is 12.9. The van der Waals surface area contributed by atoms with Gasteiger partial charge in [0.05, 0.1) is 12.8 Å². The number of aromatic nitrogens is 2. The predicted molar refractivity (Wildman–Crippen MR) is 66.1 cm³/mol. The average Bonchev–Trinajstić information content (AvgIpc) is 2.78. The molecule has 5 nitrogen and oxygen atoms in total. The zero-order valence-corrected chi connectivity index (χ0v) is 10.6. The van der Waals surface area contributed by atoms with Crippen molar-refractivity contribution >= 4 is 5.97 Å². The summed E-state index contributed by atoms with van der Waals surface area (Å²) in [6.07, 6.45) is 0. The van der Waals surface area contributed by atoms with E-state index in [1.807, 2.05) is 0 Å². The van der Waals surface area contributed by atoms with E-state index >= 15 is 0 Å². The molecule has 0 aliphatic heterocycles. The van der Waals surface area contributed by atoms with E-state index in [4.69, 9.17) is 4.74 Å². The van der Waals surface area contributed by atoms with Crippen molar-refractivity contribution in [2.24, 2.45) is 7.05 Å². The van der Waals surface area contributed by atoms with Crippen molar-refractivity contribution < 1.29 is 18.7 Å². The molecule has 0 aliphatic carbocycles. The van der Waals surface area contributed by atoms with Gasteiger partial charge in [0.25, 0.3) is 0 Å². The molecule has 0 unspecified atom stereocenters. The summed E-state index contributed by atoms with van der Waals surface area (Å²) in [4.78, 5) is 11.0. The topological polar surface area (TPSA) is 53.4 Å². The first-order valence-electron chi connectivity index (χ1n) is 5.59. The maximum absolute atomic E-state index is 12.9. The normalized spacial score (nSPS) is 10.3. The Morgan fingerprint density at radius 2 is 2.05 bits per heavy atom. The summed E-state index contributed by atoms with van der Waals surface area (Å²) in [6.45, 7) is -0.198. The first kappa shape index (κ1) is 13.1. The van der Waals surface area contributed by atoms with Crippen LogP contribution in [0.2, 0.25) is 0 Å². The molecule has 0 N–H and O–H groups in total. The number of hydrogen-bond acceptors (Lipinski definition) is 4. The number of nitrogens with zero attached hydrogens (tertiary/aromatic N) is 2. The number of rotatable bonds is 4. The fraction of sp³-hybridized carbons (Fsp3) is 0.231. The zero-order chi connectivity index (χ0) is 13.8.